The van der Waals surface area contributed by atoms with Crippen LogP contribution in [0.25, 0.3) is 17.0 Å². The number of anilines is 1. The van der Waals surface area contributed by atoms with E-state index in [1.54, 1.807) is 24.4 Å². The molecule has 1 saturated heterocycles. The van der Waals surface area contributed by atoms with Gasteiger partial charge in [-0.05, 0) is 38.0 Å². The average Bonchev–Trinajstić information content (AvgIpc) is 3.52. The highest BCUT2D eigenvalue weighted by atomic mass is 19.1. The van der Waals surface area contributed by atoms with Crippen LogP contribution in [0.1, 0.15) is 40.7 Å². The minimum atomic E-state index is -1.05. The zero-order valence-corrected chi connectivity index (χ0v) is 18.5. The van der Waals surface area contributed by atoms with Crippen molar-refractivity contribution in [1.29, 1.82) is 0 Å². The molecule has 12 heteroatoms. The first-order valence-corrected chi connectivity index (χ1v) is 10.9. The Bertz CT molecular complexity index is 1450. The summed E-state index contributed by atoms with van der Waals surface area (Å²) >= 11 is 0. The van der Waals surface area contributed by atoms with Gasteiger partial charge in [0.2, 0.25) is 11.7 Å². The van der Waals surface area contributed by atoms with Crippen molar-refractivity contribution in [2.45, 2.75) is 25.7 Å². The fourth-order valence-electron chi connectivity index (χ4n) is 4.17. The molecule has 35 heavy (non-hydrogen) atoms. The van der Waals surface area contributed by atoms with Crippen molar-refractivity contribution in [3.05, 3.63) is 65.4 Å². The number of piperidine rings is 1. The molecule has 0 spiro atoms. The lowest BCUT2D eigenvalue weighted by Crippen LogP contribution is -2.38. The number of amides is 2. The van der Waals surface area contributed by atoms with E-state index in [-0.39, 0.29) is 46.7 Å². The quantitative estimate of drug-likeness (QED) is 0.449. The largest absolute Gasteiger partial charge is 0.465 e. The van der Waals surface area contributed by atoms with Crippen LogP contribution in [0.5, 0.6) is 0 Å². The number of aromatic nitrogens is 4. The zero-order chi connectivity index (χ0) is 24.7. The molecule has 0 unspecified atom stereocenters. The number of benzene rings is 1. The smallest absolute Gasteiger partial charge is 0.407 e. The second-order valence-electron chi connectivity index (χ2n) is 8.27. The van der Waals surface area contributed by atoms with E-state index in [1.165, 1.54) is 22.4 Å². The number of nitrogens with zero attached hydrogens (tertiary/aromatic N) is 5. The van der Waals surface area contributed by atoms with Crippen molar-refractivity contribution in [2.75, 3.05) is 18.4 Å². The molecule has 5 rings (SSSR count). The van der Waals surface area contributed by atoms with Gasteiger partial charge in [-0.15, -0.1) is 0 Å². The standard InChI is InChI=1S/C23H20F2N6O4/c1-12-15(24)9-14(20-28-22(35-29-20)13-5-4-7-30(11-13)23(33)34)18(25)19(12)27-21(32)16-10-26-17-6-2-3-8-31(16)17/h2-3,6,8-10,13H,4-5,7,11H2,1H3,(H,27,32)(H,33,34)/t13-/m0/s1. The summed E-state index contributed by atoms with van der Waals surface area (Å²) in [5.74, 6) is -2.78. The summed E-state index contributed by atoms with van der Waals surface area (Å²) in [6.45, 7) is 1.92. The van der Waals surface area contributed by atoms with E-state index in [9.17, 15) is 19.1 Å². The van der Waals surface area contributed by atoms with Gasteiger partial charge in [0.15, 0.2) is 5.82 Å². The predicted molar refractivity (Wildman–Crippen MR) is 119 cm³/mol. The number of fused-ring (bicyclic) bond motifs is 1. The van der Waals surface area contributed by atoms with E-state index in [1.807, 2.05) is 0 Å². The van der Waals surface area contributed by atoms with Gasteiger partial charge < -0.3 is 19.8 Å². The lowest BCUT2D eigenvalue weighted by atomic mass is 9.98. The molecule has 1 aliphatic heterocycles. The van der Waals surface area contributed by atoms with Crippen molar-refractivity contribution in [3.63, 3.8) is 0 Å². The van der Waals surface area contributed by atoms with Gasteiger partial charge in [-0.25, -0.2) is 18.6 Å². The Kier molecular flexibility index (Phi) is 5.63. The summed E-state index contributed by atoms with van der Waals surface area (Å²) < 4.78 is 37.1. The van der Waals surface area contributed by atoms with Crippen LogP contribution in [0, 0.1) is 18.6 Å². The maximum absolute atomic E-state index is 15.5. The molecule has 0 saturated carbocycles. The van der Waals surface area contributed by atoms with Gasteiger partial charge in [-0.3, -0.25) is 9.20 Å². The summed E-state index contributed by atoms with van der Waals surface area (Å²) in [4.78, 5) is 33.8. The Labute approximate surface area is 197 Å². The van der Waals surface area contributed by atoms with Crippen molar-refractivity contribution >= 4 is 23.3 Å². The van der Waals surface area contributed by atoms with Gasteiger partial charge in [-0.2, -0.15) is 4.98 Å². The molecule has 10 nitrogen and oxygen atoms in total. The number of rotatable bonds is 4. The van der Waals surface area contributed by atoms with Crippen molar-refractivity contribution in [2.24, 2.45) is 0 Å². The minimum absolute atomic E-state index is 0.0958. The van der Waals surface area contributed by atoms with E-state index in [4.69, 9.17) is 4.52 Å². The van der Waals surface area contributed by atoms with E-state index in [2.05, 4.69) is 20.4 Å². The SMILES string of the molecule is Cc1c(F)cc(-c2noc([C@H]3CCCN(C(=O)O)C3)n2)c(F)c1NC(=O)c1cnc2ccccn12. The topological polar surface area (TPSA) is 126 Å². The molecule has 3 aromatic heterocycles. The Morgan fingerprint density at radius 1 is 1.29 bits per heavy atom. The molecule has 0 radical (unpaired) electrons. The number of imidazole rings is 1. The molecule has 1 aliphatic rings. The molecular formula is C23H20F2N6O4. The van der Waals surface area contributed by atoms with E-state index >= 15 is 4.39 Å². The summed E-state index contributed by atoms with van der Waals surface area (Å²) in [7, 11) is 0. The predicted octanol–water partition coefficient (Wildman–Crippen LogP) is 4.08. The highest BCUT2D eigenvalue weighted by molar-refractivity contribution is 6.04. The third-order valence-electron chi connectivity index (χ3n) is 6.07. The molecule has 180 valence electrons. The Balaban J connectivity index is 1.45. The van der Waals surface area contributed by atoms with Gasteiger partial charge in [0.25, 0.3) is 5.91 Å². The van der Waals surface area contributed by atoms with Crippen LogP contribution in [-0.2, 0) is 0 Å². The first-order valence-electron chi connectivity index (χ1n) is 10.9. The first kappa shape index (κ1) is 22.4. The second kappa shape index (κ2) is 8.78. The number of likely N-dealkylation sites (tertiary alicyclic amines) is 1. The summed E-state index contributed by atoms with van der Waals surface area (Å²) in [5, 5.41) is 15.5. The van der Waals surface area contributed by atoms with Crippen LogP contribution in [0.4, 0.5) is 19.3 Å². The van der Waals surface area contributed by atoms with E-state index in [0.717, 1.165) is 6.07 Å². The molecule has 1 atom stereocenters. The van der Waals surface area contributed by atoms with Crippen molar-refractivity contribution in [1.82, 2.24) is 24.4 Å². The fourth-order valence-corrected chi connectivity index (χ4v) is 4.17. The van der Waals surface area contributed by atoms with Crippen LogP contribution in [0.3, 0.4) is 0 Å². The van der Waals surface area contributed by atoms with Crippen molar-refractivity contribution in [3.8, 4) is 11.4 Å². The second-order valence-corrected chi connectivity index (χ2v) is 8.27. The number of pyridine rings is 1. The van der Waals surface area contributed by atoms with Crippen LogP contribution in [-0.4, -0.2) is 54.6 Å². The molecule has 0 bridgehead atoms. The maximum atomic E-state index is 15.5. The normalized spacial score (nSPS) is 16.0. The highest BCUT2D eigenvalue weighted by Crippen LogP contribution is 2.33. The molecule has 2 amide bonds. The molecule has 4 heterocycles. The molecular weight excluding hydrogens is 462 g/mol. The van der Waals surface area contributed by atoms with Crippen LogP contribution < -0.4 is 5.32 Å². The molecule has 2 N–H and O–H groups in total. The lowest BCUT2D eigenvalue weighted by Gasteiger charge is -2.28. The average molecular weight is 482 g/mol. The van der Waals surface area contributed by atoms with Crippen LogP contribution in [0.15, 0.2) is 41.2 Å². The van der Waals surface area contributed by atoms with Gasteiger partial charge in [-0.1, -0.05) is 11.2 Å². The number of halogens is 2. The highest BCUT2D eigenvalue weighted by Gasteiger charge is 2.30. The molecule has 4 aromatic rings. The van der Waals surface area contributed by atoms with Crippen molar-refractivity contribution < 1.29 is 28.0 Å². The number of hydrogen-bond donors (Lipinski definition) is 2. The third-order valence-corrected chi connectivity index (χ3v) is 6.07. The summed E-state index contributed by atoms with van der Waals surface area (Å²) in [6, 6.07) is 6.12. The molecule has 1 fully saturated rings. The number of hydrogen-bond acceptors (Lipinski definition) is 6. The molecule has 1 aromatic carbocycles. The van der Waals surface area contributed by atoms with E-state index < -0.39 is 23.6 Å². The third kappa shape index (κ3) is 4.07. The number of nitrogens with one attached hydrogen (secondary N) is 1. The fraction of sp³-hybridized carbons (Fsp3) is 0.261. The van der Waals surface area contributed by atoms with Crippen LogP contribution in [0.2, 0.25) is 0 Å². The van der Waals surface area contributed by atoms with Gasteiger partial charge >= 0.3 is 6.09 Å². The number of carbonyl (C=O) groups excluding carboxylic acids is 1. The van der Waals surface area contributed by atoms with E-state index in [0.29, 0.717) is 25.0 Å². The minimum Gasteiger partial charge on any atom is -0.465 e. The zero-order valence-electron chi connectivity index (χ0n) is 18.5. The van der Waals surface area contributed by atoms with Gasteiger partial charge in [0, 0.05) is 24.8 Å². The summed E-state index contributed by atoms with van der Waals surface area (Å²) in [6.07, 6.45) is 3.16. The number of carboxylic acid groups (broad SMARTS) is 1. The Morgan fingerprint density at radius 3 is 2.91 bits per heavy atom. The Morgan fingerprint density at radius 2 is 2.11 bits per heavy atom. The maximum Gasteiger partial charge on any atom is 0.407 e. The first-order chi connectivity index (χ1) is 16.8. The molecule has 0 aliphatic carbocycles. The number of carbonyl (C=O) groups is 2. The lowest BCUT2D eigenvalue weighted by molar-refractivity contribution is 0.102. The van der Waals surface area contributed by atoms with Crippen LogP contribution >= 0.6 is 0 Å². The Hall–Kier alpha value is -4.35. The summed E-state index contributed by atoms with van der Waals surface area (Å²) in [5.41, 5.74) is -0.0634. The van der Waals surface area contributed by atoms with Gasteiger partial charge in [0.1, 0.15) is 17.2 Å². The monoisotopic (exact) mass is 482 g/mol. The van der Waals surface area contributed by atoms with Gasteiger partial charge in [0.05, 0.1) is 23.4 Å².